The van der Waals surface area contributed by atoms with Gasteiger partial charge in [-0.15, -0.1) is 0 Å². The number of hydrogen-bond donors (Lipinski definition) is 1. The molecule has 0 aliphatic rings. The first-order chi connectivity index (χ1) is 12.7. The van der Waals surface area contributed by atoms with Crippen LogP contribution in [0.5, 0.6) is 5.75 Å². The first-order valence-electron chi connectivity index (χ1n) is 9.78. The molecule has 0 radical (unpaired) electrons. The molecule has 0 heterocycles. The van der Waals surface area contributed by atoms with Gasteiger partial charge in [-0.05, 0) is 54.7 Å². The van der Waals surface area contributed by atoms with E-state index in [0.717, 1.165) is 30.9 Å². The van der Waals surface area contributed by atoms with Gasteiger partial charge in [0.25, 0.3) is 5.91 Å². The molecule has 3 nitrogen and oxygen atoms in total. The second-order valence-electron chi connectivity index (χ2n) is 6.78. The van der Waals surface area contributed by atoms with E-state index in [1.165, 1.54) is 24.8 Å². The third-order valence-electron chi connectivity index (χ3n) is 4.74. The Morgan fingerprint density at radius 3 is 2.42 bits per heavy atom. The van der Waals surface area contributed by atoms with Gasteiger partial charge in [0.2, 0.25) is 0 Å². The summed E-state index contributed by atoms with van der Waals surface area (Å²) in [5.41, 5.74) is 2.71. The minimum absolute atomic E-state index is 0.0877. The van der Waals surface area contributed by atoms with Crippen LogP contribution in [0, 0.1) is 0 Å². The number of hydrogen-bond acceptors (Lipinski definition) is 2. The summed E-state index contributed by atoms with van der Waals surface area (Å²) in [6.45, 7) is 7.27. The Kier molecular flexibility index (Phi) is 8.20. The molecule has 0 bridgehead atoms. The van der Waals surface area contributed by atoms with Crippen molar-refractivity contribution in [1.82, 2.24) is 0 Å². The number of rotatable bonds is 10. The predicted molar refractivity (Wildman–Crippen MR) is 109 cm³/mol. The first kappa shape index (κ1) is 20.0. The van der Waals surface area contributed by atoms with Crippen molar-refractivity contribution in [2.24, 2.45) is 0 Å². The molecular formula is C23H31NO2. The molecule has 0 aliphatic heterocycles. The van der Waals surface area contributed by atoms with Crippen molar-refractivity contribution in [2.45, 2.75) is 58.8 Å². The summed E-state index contributed by atoms with van der Waals surface area (Å²) in [4.78, 5) is 12.6. The Balaban J connectivity index is 1.94. The number of nitrogens with one attached hydrogen (secondary N) is 1. The van der Waals surface area contributed by atoms with Gasteiger partial charge in [0, 0.05) is 11.3 Å². The zero-order chi connectivity index (χ0) is 18.8. The van der Waals surface area contributed by atoms with Crippen molar-refractivity contribution in [2.75, 3.05) is 11.9 Å². The second kappa shape index (κ2) is 10.6. The quantitative estimate of drug-likeness (QED) is 0.501. The topological polar surface area (TPSA) is 38.3 Å². The van der Waals surface area contributed by atoms with Crippen LogP contribution in [0.2, 0.25) is 0 Å². The minimum atomic E-state index is -0.0877. The van der Waals surface area contributed by atoms with Crippen LogP contribution in [0.3, 0.4) is 0 Å². The number of anilines is 1. The molecule has 1 N–H and O–H groups in total. The van der Waals surface area contributed by atoms with Gasteiger partial charge in [0.1, 0.15) is 5.75 Å². The summed E-state index contributed by atoms with van der Waals surface area (Å²) in [6, 6.07) is 15.4. The van der Waals surface area contributed by atoms with E-state index in [1.54, 1.807) is 0 Å². The monoisotopic (exact) mass is 353 g/mol. The van der Waals surface area contributed by atoms with E-state index >= 15 is 0 Å². The van der Waals surface area contributed by atoms with Gasteiger partial charge < -0.3 is 10.1 Å². The van der Waals surface area contributed by atoms with E-state index in [-0.39, 0.29) is 5.91 Å². The van der Waals surface area contributed by atoms with E-state index in [4.69, 9.17) is 4.74 Å². The maximum absolute atomic E-state index is 12.6. The fourth-order valence-electron chi connectivity index (χ4n) is 2.88. The normalized spacial score (nSPS) is 11.8. The van der Waals surface area contributed by atoms with Crippen molar-refractivity contribution < 1.29 is 9.53 Å². The minimum Gasteiger partial charge on any atom is -0.494 e. The van der Waals surface area contributed by atoms with Crippen LogP contribution < -0.4 is 10.1 Å². The Morgan fingerprint density at radius 2 is 1.73 bits per heavy atom. The van der Waals surface area contributed by atoms with Crippen LogP contribution >= 0.6 is 0 Å². The van der Waals surface area contributed by atoms with Crippen LogP contribution in [0.1, 0.15) is 74.7 Å². The molecule has 2 aromatic rings. The Labute approximate surface area is 157 Å². The molecule has 0 spiro atoms. The highest BCUT2D eigenvalue weighted by Gasteiger charge is 2.12. The zero-order valence-electron chi connectivity index (χ0n) is 16.3. The highest BCUT2D eigenvalue weighted by molar-refractivity contribution is 6.04. The van der Waals surface area contributed by atoms with Gasteiger partial charge in [0.05, 0.1) is 6.61 Å². The van der Waals surface area contributed by atoms with Crippen molar-refractivity contribution in [3.05, 3.63) is 59.7 Å². The van der Waals surface area contributed by atoms with Gasteiger partial charge in [-0.2, -0.15) is 0 Å². The summed E-state index contributed by atoms with van der Waals surface area (Å²) < 4.78 is 5.74. The third kappa shape index (κ3) is 5.91. The number of para-hydroxylation sites is 1. The molecule has 0 aromatic heterocycles. The van der Waals surface area contributed by atoms with E-state index in [1.807, 2.05) is 42.5 Å². The van der Waals surface area contributed by atoms with E-state index < -0.39 is 0 Å². The summed E-state index contributed by atoms with van der Waals surface area (Å²) in [5.74, 6) is 1.14. The molecule has 3 heteroatoms. The lowest BCUT2D eigenvalue weighted by molar-refractivity contribution is 0.102. The van der Waals surface area contributed by atoms with E-state index in [2.05, 4.69) is 32.2 Å². The Hall–Kier alpha value is -2.29. The number of carbonyl (C=O) groups is 1. The van der Waals surface area contributed by atoms with Crippen LogP contribution in [-0.2, 0) is 0 Å². The number of benzene rings is 2. The van der Waals surface area contributed by atoms with Gasteiger partial charge in [-0.1, -0.05) is 58.2 Å². The van der Waals surface area contributed by atoms with Crippen LogP contribution in [0.4, 0.5) is 5.69 Å². The van der Waals surface area contributed by atoms with Crippen molar-refractivity contribution in [3.8, 4) is 5.75 Å². The first-order valence-corrected chi connectivity index (χ1v) is 9.78. The zero-order valence-corrected chi connectivity index (χ0v) is 16.3. The van der Waals surface area contributed by atoms with Crippen LogP contribution in [0.25, 0.3) is 0 Å². The lowest BCUT2D eigenvalue weighted by Gasteiger charge is -2.15. The van der Waals surface area contributed by atoms with Crippen molar-refractivity contribution in [3.63, 3.8) is 0 Å². The highest BCUT2D eigenvalue weighted by Crippen LogP contribution is 2.27. The number of unbranched alkanes of at least 4 members (excludes halogenated alkanes) is 3. The molecule has 2 rings (SSSR count). The van der Waals surface area contributed by atoms with Crippen molar-refractivity contribution in [1.29, 1.82) is 0 Å². The molecule has 1 unspecified atom stereocenters. The van der Waals surface area contributed by atoms with E-state index in [0.29, 0.717) is 11.5 Å². The molecule has 140 valence electrons. The van der Waals surface area contributed by atoms with Gasteiger partial charge in [0.15, 0.2) is 0 Å². The van der Waals surface area contributed by atoms with Crippen molar-refractivity contribution >= 4 is 11.6 Å². The lowest BCUT2D eigenvalue weighted by Crippen LogP contribution is -2.13. The third-order valence-corrected chi connectivity index (χ3v) is 4.74. The smallest absolute Gasteiger partial charge is 0.255 e. The molecular weight excluding hydrogens is 322 g/mol. The highest BCUT2D eigenvalue weighted by atomic mass is 16.5. The maximum atomic E-state index is 12.6. The predicted octanol–water partition coefficient (Wildman–Crippen LogP) is 6.41. The maximum Gasteiger partial charge on any atom is 0.255 e. The van der Waals surface area contributed by atoms with Crippen LogP contribution in [-0.4, -0.2) is 12.5 Å². The molecule has 1 amide bonds. The van der Waals surface area contributed by atoms with Crippen LogP contribution in [0.15, 0.2) is 48.5 Å². The number of amides is 1. The summed E-state index contributed by atoms with van der Waals surface area (Å²) in [7, 11) is 0. The second-order valence-corrected chi connectivity index (χ2v) is 6.78. The number of carbonyl (C=O) groups excluding carboxylic acids is 1. The molecule has 0 fully saturated rings. The Morgan fingerprint density at radius 1 is 1.00 bits per heavy atom. The van der Waals surface area contributed by atoms with Gasteiger partial charge in [-0.25, -0.2) is 0 Å². The van der Waals surface area contributed by atoms with Gasteiger partial charge >= 0.3 is 0 Å². The molecule has 0 saturated heterocycles. The average Bonchev–Trinajstić information content (AvgIpc) is 2.68. The lowest BCUT2D eigenvalue weighted by atomic mass is 9.97. The SMILES string of the molecule is CCCCCCOc1ccc(C(=O)Nc2ccccc2C(C)CC)cc1. The molecule has 1 atom stereocenters. The number of ether oxygens (including phenoxy) is 1. The largest absolute Gasteiger partial charge is 0.494 e. The summed E-state index contributed by atoms with van der Waals surface area (Å²) in [5, 5.41) is 3.05. The fourth-order valence-corrected chi connectivity index (χ4v) is 2.88. The summed E-state index contributed by atoms with van der Waals surface area (Å²) >= 11 is 0. The average molecular weight is 354 g/mol. The molecule has 26 heavy (non-hydrogen) atoms. The Bertz CT molecular complexity index is 679. The van der Waals surface area contributed by atoms with Gasteiger partial charge in [-0.3, -0.25) is 4.79 Å². The molecule has 2 aromatic carbocycles. The molecule has 0 saturated carbocycles. The summed E-state index contributed by atoms with van der Waals surface area (Å²) in [6.07, 6.45) is 5.79. The fraction of sp³-hybridized carbons (Fsp3) is 0.435. The van der Waals surface area contributed by atoms with E-state index in [9.17, 15) is 4.79 Å². The standard InChI is InChI=1S/C23H31NO2/c1-4-6-7-10-17-26-20-15-13-19(14-16-20)23(25)24-22-12-9-8-11-21(22)18(3)5-2/h8-9,11-16,18H,4-7,10,17H2,1-3H3,(H,24,25). The molecule has 0 aliphatic carbocycles.